The van der Waals surface area contributed by atoms with Gasteiger partial charge in [-0.15, -0.1) is 11.3 Å². The van der Waals surface area contributed by atoms with E-state index in [9.17, 15) is 4.79 Å². The van der Waals surface area contributed by atoms with Gasteiger partial charge in [-0.1, -0.05) is 60.7 Å². The van der Waals surface area contributed by atoms with Gasteiger partial charge in [-0.3, -0.25) is 0 Å². The molecule has 3 aromatic rings. The molecule has 1 atom stereocenters. The van der Waals surface area contributed by atoms with Crippen molar-refractivity contribution in [3.8, 4) is 0 Å². The van der Waals surface area contributed by atoms with Gasteiger partial charge in [0.25, 0.3) is 0 Å². The van der Waals surface area contributed by atoms with Gasteiger partial charge >= 0.3 is 6.03 Å². The molecular formula is C21H22N2O2S. The van der Waals surface area contributed by atoms with E-state index in [0.29, 0.717) is 13.2 Å². The number of benzene rings is 2. The van der Waals surface area contributed by atoms with E-state index in [-0.39, 0.29) is 12.1 Å². The van der Waals surface area contributed by atoms with Gasteiger partial charge in [0.15, 0.2) is 0 Å². The topological polar surface area (TPSA) is 50.4 Å². The molecule has 0 aliphatic rings. The van der Waals surface area contributed by atoms with Crippen LogP contribution in [0.15, 0.2) is 72.1 Å². The molecule has 0 aliphatic heterocycles. The minimum absolute atomic E-state index is 0.162. The maximum Gasteiger partial charge on any atom is 0.315 e. The predicted octanol–water partition coefficient (Wildman–Crippen LogP) is 4.48. The minimum atomic E-state index is -0.195. The van der Waals surface area contributed by atoms with Crippen molar-refractivity contribution >= 4 is 17.4 Å². The van der Waals surface area contributed by atoms with Gasteiger partial charge in [0.05, 0.1) is 12.6 Å². The maximum absolute atomic E-state index is 12.5. The zero-order chi connectivity index (χ0) is 18.2. The SMILES string of the molecule is COCc1ccccc1CNC(=O)N[C@H](c1ccccc1)c1cccs1. The first kappa shape index (κ1) is 18.2. The highest BCUT2D eigenvalue weighted by atomic mass is 32.1. The highest BCUT2D eigenvalue weighted by Gasteiger charge is 2.17. The lowest BCUT2D eigenvalue weighted by Crippen LogP contribution is -2.38. The molecule has 0 radical (unpaired) electrons. The predicted molar refractivity (Wildman–Crippen MR) is 105 cm³/mol. The zero-order valence-electron chi connectivity index (χ0n) is 14.6. The van der Waals surface area contributed by atoms with Crippen molar-refractivity contribution in [1.29, 1.82) is 0 Å². The Morgan fingerprint density at radius 1 is 1.00 bits per heavy atom. The number of carbonyl (C=O) groups excluding carboxylic acids is 1. The molecule has 26 heavy (non-hydrogen) atoms. The van der Waals surface area contributed by atoms with Crippen molar-refractivity contribution in [2.75, 3.05) is 7.11 Å². The van der Waals surface area contributed by atoms with E-state index in [4.69, 9.17) is 4.74 Å². The second-order valence-corrected chi connectivity index (χ2v) is 6.87. The third-order valence-corrected chi connectivity index (χ3v) is 5.03. The molecular weight excluding hydrogens is 344 g/mol. The largest absolute Gasteiger partial charge is 0.380 e. The Balaban J connectivity index is 1.67. The molecule has 0 aliphatic carbocycles. The minimum Gasteiger partial charge on any atom is -0.380 e. The summed E-state index contributed by atoms with van der Waals surface area (Å²) in [7, 11) is 1.67. The van der Waals surface area contributed by atoms with E-state index in [1.54, 1.807) is 18.4 Å². The first-order valence-corrected chi connectivity index (χ1v) is 9.34. The Hall–Kier alpha value is -2.63. The third kappa shape index (κ3) is 4.71. The van der Waals surface area contributed by atoms with E-state index in [1.165, 1.54) is 0 Å². The Morgan fingerprint density at radius 3 is 2.42 bits per heavy atom. The Labute approximate surface area is 157 Å². The van der Waals surface area contributed by atoms with Crippen molar-refractivity contribution in [1.82, 2.24) is 10.6 Å². The summed E-state index contributed by atoms with van der Waals surface area (Å²) in [4.78, 5) is 13.6. The van der Waals surface area contributed by atoms with Crippen LogP contribution in [0, 0.1) is 0 Å². The average molecular weight is 366 g/mol. The lowest BCUT2D eigenvalue weighted by Gasteiger charge is -2.19. The van der Waals surface area contributed by atoms with Gasteiger partial charge in [0.2, 0.25) is 0 Å². The van der Waals surface area contributed by atoms with Crippen molar-refractivity contribution in [2.24, 2.45) is 0 Å². The molecule has 0 bridgehead atoms. The van der Waals surface area contributed by atoms with Gasteiger partial charge in [-0.2, -0.15) is 0 Å². The number of rotatable bonds is 7. The summed E-state index contributed by atoms with van der Waals surface area (Å²) in [6.07, 6.45) is 0. The van der Waals surface area contributed by atoms with Crippen LogP contribution in [0.25, 0.3) is 0 Å². The van der Waals surface area contributed by atoms with Crippen LogP contribution in [-0.2, 0) is 17.9 Å². The first-order chi connectivity index (χ1) is 12.8. The second kappa shape index (κ2) is 9.17. The Bertz CT molecular complexity index is 819. The van der Waals surface area contributed by atoms with Crippen LogP contribution in [-0.4, -0.2) is 13.1 Å². The van der Waals surface area contributed by atoms with Gasteiger partial charge in [0.1, 0.15) is 0 Å². The standard InChI is InChI=1S/C21H22N2O2S/c1-25-15-18-11-6-5-10-17(18)14-22-21(24)23-20(19-12-7-13-26-19)16-8-3-2-4-9-16/h2-13,20H,14-15H2,1H3,(H2,22,23,24)/t20-/m1/s1. The number of urea groups is 1. The molecule has 2 amide bonds. The number of nitrogens with one attached hydrogen (secondary N) is 2. The molecule has 2 N–H and O–H groups in total. The van der Waals surface area contributed by atoms with Crippen LogP contribution >= 0.6 is 11.3 Å². The number of amides is 2. The number of thiophene rings is 1. The van der Waals surface area contributed by atoms with E-state index in [2.05, 4.69) is 10.6 Å². The number of methoxy groups -OCH3 is 1. The molecule has 5 heteroatoms. The molecule has 0 fully saturated rings. The molecule has 0 saturated heterocycles. The quantitative estimate of drug-likeness (QED) is 0.648. The molecule has 134 valence electrons. The van der Waals surface area contributed by atoms with E-state index >= 15 is 0 Å². The molecule has 0 saturated carbocycles. The maximum atomic E-state index is 12.5. The van der Waals surface area contributed by atoms with E-state index in [0.717, 1.165) is 21.6 Å². The number of carbonyl (C=O) groups is 1. The van der Waals surface area contributed by atoms with Gasteiger partial charge < -0.3 is 15.4 Å². The van der Waals surface area contributed by atoms with Crippen LogP contribution < -0.4 is 10.6 Å². The number of hydrogen-bond donors (Lipinski definition) is 2. The first-order valence-electron chi connectivity index (χ1n) is 8.46. The lowest BCUT2D eigenvalue weighted by molar-refractivity contribution is 0.184. The molecule has 1 heterocycles. The Kier molecular flexibility index (Phi) is 6.41. The molecule has 3 rings (SSSR count). The fourth-order valence-corrected chi connectivity index (χ4v) is 3.61. The summed E-state index contributed by atoms with van der Waals surface area (Å²) >= 11 is 1.63. The van der Waals surface area contributed by atoms with Crippen molar-refractivity contribution < 1.29 is 9.53 Å². The van der Waals surface area contributed by atoms with Crippen LogP contribution in [0.1, 0.15) is 27.6 Å². The fraction of sp³-hybridized carbons (Fsp3) is 0.190. The summed E-state index contributed by atoms with van der Waals surface area (Å²) in [5, 5.41) is 8.07. The normalized spacial score (nSPS) is 11.7. The van der Waals surface area contributed by atoms with E-state index in [1.807, 2.05) is 72.1 Å². The van der Waals surface area contributed by atoms with Crippen molar-refractivity contribution in [2.45, 2.75) is 19.2 Å². The van der Waals surface area contributed by atoms with Gasteiger partial charge in [-0.25, -0.2) is 4.79 Å². The lowest BCUT2D eigenvalue weighted by atomic mass is 10.1. The Morgan fingerprint density at radius 2 is 1.73 bits per heavy atom. The van der Waals surface area contributed by atoms with Crippen molar-refractivity contribution in [3.63, 3.8) is 0 Å². The molecule has 4 nitrogen and oxygen atoms in total. The zero-order valence-corrected chi connectivity index (χ0v) is 15.5. The second-order valence-electron chi connectivity index (χ2n) is 5.89. The van der Waals surface area contributed by atoms with Crippen LogP contribution in [0.2, 0.25) is 0 Å². The number of ether oxygens (including phenoxy) is 1. The molecule has 0 unspecified atom stereocenters. The molecule has 2 aromatic carbocycles. The molecule has 1 aromatic heterocycles. The monoisotopic (exact) mass is 366 g/mol. The summed E-state index contributed by atoms with van der Waals surface area (Å²) < 4.78 is 5.22. The van der Waals surface area contributed by atoms with Crippen LogP contribution in [0.5, 0.6) is 0 Å². The highest BCUT2D eigenvalue weighted by Crippen LogP contribution is 2.25. The van der Waals surface area contributed by atoms with Crippen molar-refractivity contribution in [3.05, 3.63) is 93.7 Å². The third-order valence-electron chi connectivity index (χ3n) is 4.09. The number of hydrogen-bond acceptors (Lipinski definition) is 3. The highest BCUT2D eigenvalue weighted by molar-refractivity contribution is 7.10. The smallest absolute Gasteiger partial charge is 0.315 e. The summed E-state index contributed by atoms with van der Waals surface area (Å²) in [5.41, 5.74) is 3.19. The fourth-order valence-electron chi connectivity index (χ4n) is 2.80. The molecule has 0 spiro atoms. The van der Waals surface area contributed by atoms with Gasteiger partial charge in [0, 0.05) is 18.5 Å². The average Bonchev–Trinajstić information content (AvgIpc) is 3.21. The van der Waals surface area contributed by atoms with E-state index < -0.39 is 0 Å². The van der Waals surface area contributed by atoms with Gasteiger partial charge in [-0.05, 0) is 28.1 Å². The summed E-state index contributed by atoms with van der Waals surface area (Å²) in [6, 6.07) is 21.6. The van der Waals surface area contributed by atoms with Crippen LogP contribution in [0.4, 0.5) is 4.79 Å². The summed E-state index contributed by atoms with van der Waals surface area (Å²) in [6.45, 7) is 0.985. The van der Waals surface area contributed by atoms with Crippen LogP contribution in [0.3, 0.4) is 0 Å². The summed E-state index contributed by atoms with van der Waals surface area (Å²) in [5.74, 6) is 0.